The molecule has 1 aromatic heterocycles. The summed E-state index contributed by atoms with van der Waals surface area (Å²) < 4.78 is 0. The lowest BCUT2D eigenvalue weighted by Gasteiger charge is -2.14. The molecule has 21 heavy (non-hydrogen) atoms. The van der Waals surface area contributed by atoms with Crippen molar-refractivity contribution in [1.82, 2.24) is 15.2 Å². The van der Waals surface area contributed by atoms with E-state index in [9.17, 15) is 9.59 Å². The molecule has 1 aliphatic rings. The lowest BCUT2D eigenvalue weighted by molar-refractivity contribution is 0.336. The monoisotopic (exact) mass is 289 g/mol. The number of carbonyl (C=O) groups excluding carboxylic acids is 2. The van der Waals surface area contributed by atoms with Crippen molar-refractivity contribution in [1.29, 1.82) is 0 Å². The van der Waals surface area contributed by atoms with Crippen LogP contribution in [0.25, 0.3) is 0 Å². The highest BCUT2D eigenvalue weighted by atomic mass is 16.1. The van der Waals surface area contributed by atoms with Gasteiger partial charge in [-0.15, -0.1) is 0 Å². The van der Waals surface area contributed by atoms with Crippen molar-refractivity contribution in [3.8, 4) is 0 Å². The Bertz CT molecular complexity index is 476. The molecule has 5 nitrogen and oxygen atoms in total. The van der Waals surface area contributed by atoms with Crippen LogP contribution in [0.4, 0.5) is 0 Å². The van der Waals surface area contributed by atoms with Crippen molar-refractivity contribution < 1.29 is 9.59 Å². The van der Waals surface area contributed by atoms with Crippen LogP contribution in [0.3, 0.4) is 0 Å². The number of likely N-dealkylation sites (tertiary alicyclic amines) is 1. The maximum absolute atomic E-state index is 11.0. The number of aromatic amines is 1. The second-order valence-corrected chi connectivity index (χ2v) is 5.58. The lowest BCUT2D eigenvalue weighted by atomic mass is 10.1. The van der Waals surface area contributed by atoms with Crippen LogP contribution < -0.4 is 5.32 Å². The van der Waals surface area contributed by atoms with Crippen molar-refractivity contribution in [2.75, 3.05) is 32.7 Å². The summed E-state index contributed by atoms with van der Waals surface area (Å²) in [6.45, 7) is 7.22. The number of aromatic nitrogens is 1. The highest BCUT2D eigenvalue weighted by Crippen LogP contribution is 2.16. The quantitative estimate of drug-likeness (QED) is 0.662. The first-order valence-electron chi connectivity index (χ1n) is 7.67. The molecule has 0 saturated carbocycles. The van der Waals surface area contributed by atoms with Gasteiger partial charge in [-0.05, 0) is 57.8 Å². The molecule has 0 bridgehead atoms. The van der Waals surface area contributed by atoms with Crippen LogP contribution in [0.5, 0.6) is 0 Å². The lowest BCUT2D eigenvalue weighted by Crippen LogP contribution is -2.30. The van der Waals surface area contributed by atoms with Gasteiger partial charge in [-0.1, -0.05) is 0 Å². The molecular weight excluding hydrogens is 266 g/mol. The summed E-state index contributed by atoms with van der Waals surface area (Å²) in [6, 6.07) is 0. The van der Waals surface area contributed by atoms with Gasteiger partial charge < -0.3 is 15.2 Å². The highest BCUT2D eigenvalue weighted by Gasteiger charge is 2.14. The number of nitrogens with zero attached hydrogens (tertiary/aromatic N) is 1. The molecular formula is C16H23N3O2. The molecule has 5 heteroatoms. The third-order valence-electron chi connectivity index (χ3n) is 4.12. The Morgan fingerprint density at radius 2 is 1.95 bits per heavy atom. The van der Waals surface area contributed by atoms with Crippen molar-refractivity contribution in [2.45, 2.75) is 32.6 Å². The number of hydrogen-bond donors (Lipinski definition) is 2. The van der Waals surface area contributed by atoms with Gasteiger partial charge in [0.05, 0.1) is 11.3 Å². The summed E-state index contributed by atoms with van der Waals surface area (Å²) in [6.07, 6.45) is 8.06. The van der Waals surface area contributed by atoms with Gasteiger partial charge in [0.2, 0.25) is 6.29 Å². The Morgan fingerprint density at radius 3 is 2.62 bits per heavy atom. The van der Waals surface area contributed by atoms with Gasteiger partial charge in [0, 0.05) is 18.8 Å². The van der Waals surface area contributed by atoms with Crippen LogP contribution in [0, 0.1) is 6.92 Å². The fourth-order valence-electron chi connectivity index (χ4n) is 2.84. The zero-order valence-corrected chi connectivity index (χ0v) is 12.6. The SMILES string of the molecule is Cc1c([C]=O)[nH]c(CCCNCCN2CCCC2)c1[C]=O. The molecule has 2 rings (SSSR count). The molecule has 0 aromatic carbocycles. The minimum atomic E-state index is 0.366. The zero-order valence-electron chi connectivity index (χ0n) is 12.6. The molecule has 1 aromatic rings. The van der Waals surface area contributed by atoms with Crippen LogP contribution in [-0.4, -0.2) is 55.2 Å². The fourth-order valence-corrected chi connectivity index (χ4v) is 2.84. The first-order chi connectivity index (χ1) is 10.3. The molecule has 2 radical (unpaired) electrons. The van der Waals surface area contributed by atoms with E-state index in [0.29, 0.717) is 16.8 Å². The molecule has 1 fully saturated rings. The van der Waals surface area contributed by atoms with Gasteiger partial charge in [0.25, 0.3) is 6.29 Å². The van der Waals surface area contributed by atoms with Crippen molar-refractivity contribution >= 4 is 12.6 Å². The van der Waals surface area contributed by atoms with Gasteiger partial charge in [-0.25, -0.2) is 0 Å². The van der Waals surface area contributed by atoms with E-state index in [-0.39, 0.29) is 0 Å². The molecule has 2 N–H and O–H groups in total. The molecule has 2 heterocycles. The summed E-state index contributed by atoms with van der Waals surface area (Å²) in [5.74, 6) is 0. The third-order valence-corrected chi connectivity index (χ3v) is 4.12. The van der Waals surface area contributed by atoms with Crippen molar-refractivity contribution in [3.63, 3.8) is 0 Å². The predicted octanol–water partition coefficient (Wildman–Crippen LogP) is 0.857. The molecule has 0 spiro atoms. The third kappa shape index (κ3) is 4.25. The van der Waals surface area contributed by atoms with Crippen LogP contribution in [0.1, 0.15) is 41.8 Å². The Kier molecular flexibility index (Phi) is 6.14. The molecule has 0 aliphatic carbocycles. The second-order valence-electron chi connectivity index (χ2n) is 5.58. The van der Waals surface area contributed by atoms with E-state index in [4.69, 9.17) is 0 Å². The minimum Gasteiger partial charge on any atom is -0.355 e. The number of nitrogens with one attached hydrogen (secondary N) is 2. The first kappa shape index (κ1) is 15.9. The minimum absolute atomic E-state index is 0.366. The van der Waals surface area contributed by atoms with E-state index < -0.39 is 0 Å². The molecule has 1 saturated heterocycles. The fraction of sp³-hybridized carbons (Fsp3) is 0.625. The molecule has 114 valence electrons. The Balaban J connectivity index is 1.68. The Hall–Kier alpha value is -1.46. The van der Waals surface area contributed by atoms with Crippen LogP contribution in [0.2, 0.25) is 0 Å². The standard InChI is InChI=1S/C16H23N3O2/c1-13-14(11-20)15(18-16(13)12-21)5-4-6-17-7-10-19-8-2-3-9-19/h17-18H,2-10H2,1H3. The smallest absolute Gasteiger partial charge is 0.251 e. The Morgan fingerprint density at radius 1 is 1.19 bits per heavy atom. The van der Waals surface area contributed by atoms with E-state index in [2.05, 4.69) is 15.2 Å². The van der Waals surface area contributed by atoms with Gasteiger partial charge in [0.1, 0.15) is 0 Å². The summed E-state index contributed by atoms with van der Waals surface area (Å²) in [5, 5.41) is 3.42. The number of aryl methyl sites for hydroxylation is 1. The Labute approximate surface area is 126 Å². The van der Waals surface area contributed by atoms with Crippen LogP contribution in [-0.2, 0) is 16.0 Å². The zero-order chi connectivity index (χ0) is 15.1. The molecule has 0 atom stereocenters. The van der Waals surface area contributed by atoms with Crippen LogP contribution >= 0.6 is 0 Å². The molecule has 1 aliphatic heterocycles. The van der Waals surface area contributed by atoms with E-state index in [1.807, 2.05) is 12.6 Å². The van der Waals surface area contributed by atoms with Crippen LogP contribution in [0.15, 0.2) is 0 Å². The number of hydrogen-bond acceptors (Lipinski definition) is 4. The van der Waals surface area contributed by atoms with Gasteiger partial charge in [-0.3, -0.25) is 9.59 Å². The van der Waals surface area contributed by atoms with Gasteiger partial charge in [0.15, 0.2) is 0 Å². The van der Waals surface area contributed by atoms with Crippen molar-refractivity contribution in [2.24, 2.45) is 0 Å². The van der Waals surface area contributed by atoms with Gasteiger partial charge in [-0.2, -0.15) is 0 Å². The van der Waals surface area contributed by atoms with E-state index in [1.165, 1.54) is 25.9 Å². The average molecular weight is 289 g/mol. The largest absolute Gasteiger partial charge is 0.355 e. The van der Waals surface area contributed by atoms with E-state index >= 15 is 0 Å². The maximum atomic E-state index is 11.0. The molecule has 0 amide bonds. The summed E-state index contributed by atoms with van der Waals surface area (Å²) in [5.41, 5.74) is 2.30. The highest BCUT2D eigenvalue weighted by molar-refractivity contribution is 5.86. The predicted molar refractivity (Wildman–Crippen MR) is 82.0 cm³/mol. The normalized spacial score (nSPS) is 15.5. The number of rotatable bonds is 9. The summed E-state index contributed by atoms with van der Waals surface area (Å²) in [4.78, 5) is 27.2. The van der Waals surface area contributed by atoms with Gasteiger partial charge >= 0.3 is 0 Å². The summed E-state index contributed by atoms with van der Waals surface area (Å²) >= 11 is 0. The van der Waals surface area contributed by atoms with E-state index in [0.717, 1.165) is 38.2 Å². The topological polar surface area (TPSA) is 65.2 Å². The maximum Gasteiger partial charge on any atom is 0.251 e. The first-order valence-corrected chi connectivity index (χ1v) is 7.67. The van der Waals surface area contributed by atoms with Crippen molar-refractivity contribution in [3.05, 3.63) is 22.5 Å². The van der Waals surface area contributed by atoms with E-state index in [1.54, 1.807) is 6.92 Å². The molecule has 0 unspecified atom stereocenters. The summed E-state index contributed by atoms with van der Waals surface area (Å²) in [7, 11) is 0. The number of H-pyrrole nitrogens is 1. The average Bonchev–Trinajstić information content (AvgIpc) is 3.10. The second kappa shape index (κ2) is 8.10.